The monoisotopic (exact) mass is 490 g/mol. The van der Waals surface area contributed by atoms with Crippen molar-refractivity contribution in [2.24, 2.45) is 0 Å². The minimum atomic E-state index is -1.06. The molecule has 0 heterocycles. The number of fused-ring (bicyclic) bond motifs is 3. The minimum Gasteiger partial charge on any atom is -1.00 e. The van der Waals surface area contributed by atoms with Gasteiger partial charge >= 0.3 is 26.2 Å². The molecule has 0 bridgehead atoms. The van der Waals surface area contributed by atoms with E-state index in [9.17, 15) is 0 Å². The predicted molar refractivity (Wildman–Crippen MR) is 108 cm³/mol. The third-order valence-corrected chi connectivity index (χ3v) is 6.82. The molecule has 0 atom stereocenters. The van der Waals surface area contributed by atoms with Crippen LogP contribution in [0.1, 0.15) is 22.3 Å². The van der Waals surface area contributed by atoms with E-state index in [4.69, 9.17) is 0 Å². The van der Waals surface area contributed by atoms with Gasteiger partial charge in [-0.1, -0.05) is 68.9 Å². The molecule has 0 radical (unpaired) electrons. The number of aryl methyl sites for hydroxylation is 2. The van der Waals surface area contributed by atoms with Crippen LogP contribution in [-0.4, -0.2) is 8.07 Å². The molecule has 0 spiro atoms. The summed E-state index contributed by atoms with van der Waals surface area (Å²) in [7, 11) is -1.06. The Hall–Kier alpha value is -0.530. The Morgan fingerprint density at radius 1 is 0.926 bits per heavy atom. The van der Waals surface area contributed by atoms with Crippen LogP contribution in [0.4, 0.5) is 0 Å². The smallest absolute Gasteiger partial charge is 1.00 e. The minimum absolute atomic E-state index is 0. The van der Waals surface area contributed by atoms with Crippen molar-refractivity contribution in [3.05, 3.63) is 82.9 Å². The normalized spacial score (nSPS) is 10.9. The molecule has 0 aliphatic heterocycles. The Morgan fingerprint density at radius 3 is 2.11 bits per heavy atom. The van der Waals surface area contributed by atoms with Crippen molar-refractivity contribution in [1.29, 1.82) is 0 Å². The first kappa shape index (κ1) is 26.5. The Kier molecular flexibility index (Phi) is 10.6. The first-order chi connectivity index (χ1) is 11.4. The Morgan fingerprint density at radius 2 is 1.56 bits per heavy atom. The fraction of sp³-hybridized carbons (Fsp3) is 0.261. The fourth-order valence-corrected chi connectivity index (χ4v) is 5.52. The molecular weight excluding hydrogens is 466 g/mol. The summed E-state index contributed by atoms with van der Waals surface area (Å²) in [5.74, 6) is 0. The third kappa shape index (κ3) is 6.23. The molecule has 1 aliphatic rings. The van der Waals surface area contributed by atoms with Gasteiger partial charge in [-0.15, -0.1) is 5.56 Å². The van der Waals surface area contributed by atoms with Gasteiger partial charge in [0, 0.05) is 8.07 Å². The maximum absolute atomic E-state index is 3.30. The van der Waals surface area contributed by atoms with Gasteiger partial charge in [-0.2, -0.15) is 52.2 Å². The van der Waals surface area contributed by atoms with E-state index >= 15 is 0 Å². The molecule has 3 aromatic rings. The number of hydrogen-bond acceptors (Lipinski definition) is 0. The summed E-state index contributed by atoms with van der Waals surface area (Å²) in [6.07, 6.45) is 1.05. The summed E-state index contributed by atoms with van der Waals surface area (Å²) < 4.78 is 0. The molecular formula is C23H26Cl2SiZr. The summed E-state index contributed by atoms with van der Waals surface area (Å²) in [4.78, 5) is 0. The van der Waals surface area contributed by atoms with Crippen LogP contribution in [0.25, 0.3) is 11.1 Å². The zero-order chi connectivity index (χ0) is 17.3. The largest absolute Gasteiger partial charge is 4.00 e. The van der Waals surface area contributed by atoms with Crippen LogP contribution in [0, 0.1) is 19.9 Å². The molecule has 0 unspecified atom stereocenters. The van der Waals surface area contributed by atoms with Crippen molar-refractivity contribution in [3.63, 3.8) is 0 Å². The van der Waals surface area contributed by atoms with Gasteiger partial charge in [-0.05, 0) is 6.42 Å². The van der Waals surface area contributed by atoms with Gasteiger partial charge in [0.1, 0.15) is 0 Å². The molecule has 0 saturated heterocycles. The van der Waals surface area contributed by atoms with Gasteiger partial charge in [0.25, 0.3) is 0 Å². The van der Waals surface area contributed by atoms with E-state index in [1.807, 2.05) is 6.07 Å². The van der Waals surface area contributed by atoms with Crippen molar-refractivity contribution in [2.75, 3.05) is 0 Å². The molecule has 4 rings (SSSR count). The van der Waals surface area contributed by atoms with E-state index in [1.165, 1.54) is 33.4 Å². The molecule has 0 aromatic heterocycles. The zero-order valence-corrected chi connectivity index (χ0v) is 21.6. The van der Waals surface area contributed by atoms with Crippen LogP contribution in [-0.2, 0) is 32.6 Å². The van der Waals surface area contributed by atoms with Crippen LogP contribution < -0.4 is 30.0 Å². The Balaban J connectivity index is 0.000000457. The zero-order valence-electron chi connectivity index (χ0n) is 16.7. The fourth-order valence-electron chi connectivity index (χ4n) is 3.61. The second-order valence-electron chi connectivity index (χ2n) is 7.78. The molecule has 0 saturated carbocycles. The van der Waals surface area contributed by atoms with E-state index < -0.39 is 8.07 Å². The van der Waals surface area contributed by atoms with Crippen molar-refractivity contribution in [2.45, 2.75) is 39.9 Å². The average Bonchev–Trinajstić information content (AvgIpc) is 3.07. The molecule has 0 amide bonds. The quantitative estimate of drug-likeness (QED) is 0.251. The van der Waals surface area contributed by atoms with E-state index in [2.05, 4.69) is 88.1 Å². The van der Waals surface area contributed by atoms with Crippen LogP contribution in [0.5, 0.6) is 0 Å². The van der Waals surface area contributed by atoms with Gasteiger partial charge in [0.2, 0.25) is 0 Å². The summed E-state index contributed by atoms with van der Waals surface area (Å²) in [5.41, 5.74) is 8.41. The van der Waals surface area contributed by atoms with Gasteiger partial charge in [-0.3, -0.25) is 0 Å². The molecule has 0 fully saturated rings. The van der Waals surface area contributed by atoms with Crippen LogP contribution >= 0.6 is 0 Å². The van der Waals surface area contributed by atoms with Crippen LogP contribution in [0.3, 0.4) is 0 Å². The van der Waals surface area contributed by atoms with Gasteiger partial charge in [-0.25, -0.2) is 6.07 Å². The Labute approximate surface area is 197 Å². The van der Waals surface area contributed by atoms with Crippen molar-refractivity contribution >= 4 is 13.3 Å². The van der Waals surface area contributed by atoms with E-state index in [0.29, 0.717) is 0 Å². The number of rotatable bonds is 1. The second kappa shape index (κ2) is 10.9. The van der Waals surface area contributed by atoms with E-state index in [0.717, 1.165) is 6.42 Å². The first-order valence-corrected chi connectivity index (χ1v) is 12.2. The Bertz CT molecular complexity index is 819. The molecule has 1 aliphatic carbocycles. The van der Waals surface area contributed by atoms with E-state index in [1.54, 1.807) is 5.19 Å². The van der Waals surface area contributed by atoms with Crippen molar-refractivity contribution in [3.8, 4) is 11.1 Å². The standard InChI is InChI=1S/C13H9.C10H17Si.2ClH.Zr/c1-3-7-12-10(5-1)9-11-6-2-4-8-13(11)12;1-8-6-9(2)10(7-8)11(3,4)5;;;/h1-5,7-8H,9H2;6-7H,1-5H3;2*1H;/q2*-1;;;+4/p-2. The van der Waals surface area contributed by atoms with Gasteiger partial charge in [0.15, 0.2) is 0 Å². The maximum atomic E-state index is 3.30. The molecule has 27 heavy (non-hydrogen) atoms. The summed E-state index contributed by atoms with van der Waals surface area (Å²) in [6, 6.07) is 22.7. The van der Waals surface area contributed by atoms with Crippen LogP contribution in [0.15, 0.2) is 54.6 Å². The first-order valence-electron chi connectivity index (χ1n) is 8.68. The molecule has 140 valence electrons. The summed E-state index contributed by atoms with van der Waals surface area (Å²) >= 11 is 0. The third-order valence-electron chi connectivity index (χ3n) is 4.67. The maximum Gasteiger partial charge on any atom is 4.00 e. The SMILES string of the molecule is Cc1cc([Si](C)(C)C)c(C)[cH-]1.[Cl-].[Cl-].[Zr+4].[c-]1cccc2c1Cc1ccccc1-2. The molecule has 4 heteroatoms. The predicted octanol–water partition coefficient (Wildman–Crippen LogP) is -0.369. The molecule has 0 nitrogen and oxygen atoms in total. The summed E-state index contributed by atoms with van der Waals surface area (Å²) in [5, 5.41) is 1.62. The van der Waals surface area contributed by atoms with Crippen molar-refractivity contribution in [1.82, 2.24) is 0 Å². The van der Waals surface area contributed by atoms with E-state index in [-0.39, 0.29) is 51.0 Å². The summed E-state index contributed by atoms with van der Waals surface area (Å²) in [6.45, 7) is 11.6. The number of hydrogen-bond donors (Lipinski definition) is 0. The molecule has 0 N–H and O–H groups in total. The topological polar surface area (TPSA) is 0 Å². The number of halogens is 2. The number of benzene rings is 2. The second-order valence-corrected chi connectivity index (χ2v) is 12.8. The molecule has 3 aromatic carbocycles. The van der Waals surface area contributed by atoms with Crippen LogP contribution in [0.2, 0.25) is 19.6 Å². The van der Waals surface area contributed by atoms with Crippen molar-refractivity contribution < 1.29 is 51.0 Å². The average molecular weight is 493 g/mol. The van der Waals surface area contributed by atoms with Gasteiger partial charge < -0.3 is 24.8 Å². The van der Waals surface area contributed by atoms with Gasteiger partial charge in [0.05, 0.1) is 0 Å².